The minimum Gasteiger partial charge on any atom is -0.471 e. The molecule has 1 aliphatic carbocycles. The third kappa shape index (κ3) is 8.31. The molecule has 4 aliphatic heterocycles. The number of carbonyl (C=O) groups is 2. The van der Waals surface area contributed by atoms with E-state index in [-0.39, 0.29) is 35.2 Å². The molecule has 10 rings (SSSR count). The number of pyridine rings is 1. The monoisotopic (exact) mass is 859 g/mol. The molecule has 334 valence electrons. The largest absolute Gasteiger partial charge is 0.471 e. The van der Waals surface area contributed by atoms with Crippen LogP contribution in [0.3, 0.4) is 0 Å². The van der Waals surface area contributed by atoms with E-state index >= 15 is 0 Å². The number of amides is 2. The van der Waals surface area contributed by atoms with Gasteiger partial charge in [0, 0.05) is 100 Å². The van der Waals surface area contributed by atoms with Gasteiger partial charge in [0.2, 0.25) is 17.7 Å². The molecule has 0 spiro atoms. The second-order valence-electron chi connectivity index (χ2n) is 20.1. The standard InChI is InChI=1S/C47H62N12O4/c1-30(2)58-39-22-33(6-7-37(39)59(45(58)62)38-8-9-41(60)51-44(38)61)55-16-10-31(11-17-55)26-54-20-21-57(46(3,4)28-54)27-32-12-18-56(19-13-32)40-24-35(49-29-50-40)43-34-23-42(63-47(5)14-15-47)48-25-36(34)52-53-43/h6-7,22-25,29-32,38H,8-21,26-28H2,1-5H3,(H,52,53)(H,51,60,61). The topological polar surface area (TPSA) is 163 Å². The van der Waals surface area contributed by atoms with Crippen molar-refractivity contribution >= 4 is 45.3 Å². The number of nitrogens with one attached hydrogen (secondary N) is 2. The summed E-state index contributed by atoms with van der Waals surface area (Å²) < 4.78 is 9.53. The van der Waals surface area contributed by atoms with E-state index in [0.29, 0.717) is 24.1 Å². The number of aromatic amines is 1. The molecule has 4 aromatic heterocycles. The van der Waals surface area contributed by atoms with Crippen molar-refractivity contribution in [2.45, 2.75) is 109 Å². The van der Waals surface area contributed by atoms with Crippen molar-refractivity contribution in [2.75, 3.05) is 68.7 Å². The first kappa shape index (κ1) is 41.6. The van der Waals surface area contributed by atoms with E-state index in [2.05, 4.69) is 84.1 Å². The van der Waals surface area contributed by atoms with E-state index < -0.39 is 11.9 Å². The lowest BCUT2D eigenvalue weighted by Crippen LogP contribution is -2.61. The number of carbonyl (C=O) groups excluding carboxylic acids is 2. The SMILES string of the molecule is CC(C)n1c(=O)n(C2CCC(=O)NC2=O)c2ccc(N3CCC(CN4CCN(CC5CCN(c6cc(-c7n[nH]c8cnc(OC9(C)CC9)cc78)ncn6)CC5)C(C)(C)C4)CC3)cc21. The van der Waals surface area contributed by atoms with Crippen LogP contribution in [0.5, 0.6) is 5.88 Å². The summed E-state index contributed by atoms with van der Waals surface area (Å²) in [5.74, 6) is 2.19. The zero-order valence-corrected chi connectivity index (χ0v) is 37.5. The number of hydrogen-bond donors (Lipinski definition) is 2. The van der Waals surface area contributed by atoms with Crippen molar-refractivity contribution in [3.63, 3.8) is 0 Å². The van der Waals surface area contributed by atoms with Gasteiger partial charge in [0.05, 0.1) is 28.4 Å². The van der Waals surface area contributed by atoms with E-state index in [1.165, 1.54) is 0 Å². The van der Waals surface area contributed by atoms with Crippen molar-refractivity contribution in [3.05, 3.63) is 53.3 Å². The molecular formula is C47H62N12O4. The molecule has 4 saturated heterocycles. The predicted molar refractivity (Wildman–Crippen MR) is 243 cm³/mol. The van der Waals surface area contributed by atoms with E-state index in [0.717, 1.165) is 142 Å². The number of benzene rings is 1. The lowest BCUT2D eigenvalue weighted by Gasteiger charge is -2.50. The molecule has 2 amide bonds. The number of imide groups is 1. The zero-order valence-electron chi connectivity index (χ0n) is 37.5. The average molecular weight is 859 g/mol. The van der Waals surface area contributed by atoms with Gasteiger partial charge >= 0.3 is 5.69 Å². The van der Waals surface area contributed by atoms with Gasteiger partial charge in [-0.15, -0.1) is 0 Å². The quantitative estimate of drug-likeness (QED) is 0.160. The second-order valence-corrected chi connectivity index (χ2v) is 20.1. The Balaban J connectivity index is 0.711. The third-order valence-corrected chi connectivity index (χ3v) is 14.6. The van der Waals surface area contributed by atoms with E-state index in [1.807, 2.05) is 26.0 Å². The van der Waals surface area contributed by atoms with E-state index in [1.54, 1.807) is 21.7 Å². The number of fused-ring (bicyclic) bond motifs is 2. The minimum atomic E-state index is -0.685. The highest BCUT2D eigenvalue weighted by atomic mass is 16.5. The average Bonchev–Trinajstić information content (AvgIpc) is 3.71. The Morgan fingerprint density at radius 3 is 2.29 bits per heavy atom. The predicted octanol–water partition coefficient (Wildman–Crippen LogP) is 5.55. The molecule has 16 nitrogen and oxygen atoms in total. The first-order valence-electron chi connectivity index (χ1n) is 23.2. The van der Waals surface area contributed by atoms with Crippen LogP contribution in [0.25, 0.3) is 33.3 Å². The maximum atomic E-state index is 13.7. The molecule has 0 bridgehead atoms. The summed E-state index contributed by atoms with van der Waals surface area (Å²) in [5.41, 5.74) is 4.94. The third-order valence-electron chi connectivity index (χ3n) is 14.6. The van der Waals surface area contributed by atoms with Crippen LogP contribution < -0.4 is 25.5 Å². The Kier molecular flexibility index (Phi) is 10.8. The highest BCUT2D eigenvalue weighted by Crippen LogP contribution is 2.40. The molecule has 8 heterocycles. The Labute approximate surface area is 368 Å². The number of imidazole rings is 1. The van der Waals surface area contributed by atoms with Gasteiger partial charge in [-0.3, -0.25) is 38.9 Å². The van der Waals surface area contributed by atoms with Crippen molar-refractivity contribution in [2.24, 2.45) is 11.8 Å². The van der Waals surface area contributed by atoms with Crippen molar-refractivity contribution < 1.29 is 14.3 Å². The number of aromatic nitrogens is 7. The van der Waals surface area contributed by atoms with Crippen LogP contribution in [0.4, 0.5) is 11.5 Å². The molecule has 5 aromatic rings. The Bertz CT molecular complexity index is 2580. The fourth-order valence-corrected chi connectivity index (χ4v) is 10.7. The molecule has 1 aromatic carbocycles. The zero-order chi connectivity index (χ0) is 43.6. The lowest BCUT2D eigenvalue weighted by atomic mass is 9.90. The number of nitrogens with zero attached hydrogens (tertiary/aromatic N) is 10. The normalized spacial score (nSPS) is 22.7. The van der Waals surface area contributed by atoms with Gasteiger partial charge in [-0.25, -0.2) is 19.7 Å². The fraction of sp³-hybridized carbons (Fsp3) is 0.596. The van der Waals surface area contributed by atoms with Gasteiger partial charge in [-0.1, -0.05) is 0 Å². The van der Waals surface area contributed by atoms with Crippen LogP contribution in [-0.4, -0.2) is 126 Å². The number of hydrogen-bond acceptors (Lipinski definition) is 12. The van der Waals surface area contributed by atoms with Gasteiger partial charge in [-0.2, -0.15) is 5.10 Å². The molecular weight excluding hydrogens is 797 g/mol. The highest BCUT2D eigenvalue weighted by molar-refractivity contribution is 6.00. The second kappa shape index (κ2) is 16.3. The highest BCUT2D eigenvalue weighted by Gasteiger charge is 2.41. The van der Waals surface area contributed by atoms with E-state index in [9.17, 15) is 14.4 Å². The lowest BCUT2D eigenvalue weighted by molar-refractivity contribution is -0.135. The maximum Gasteiger partial charge on any atom is 0.330 e. The van der Waals surface area contributed by atoms with Gasteiger partial charge in [-0.05, 0) is 110 Å². The number of H-pyrrole nitrogens is 1. The number of piperidine rings is 3. The minimum absolute atomic E-state index is 0.0717. The van der Waals surface area contributed by atoms with Crippen LogP contribution in [0.15, 0.2) is 47.7 Å². The molecule has 16 heteroatoms. The maximum absolute atomic E-state index is 13.7. The van der Waals surface area contributed by atoms with Crippen LogP contribution in [-0.2, 0) is 9.59 Å². The summed E-state index contributed by atoms with van der Waals surface area (Å²) >= 11 is 0. The van der Waals surface area contributed by atoms with Gasteiger partial charge < -0.3 is 14.5 Å². The van der Waals surface area contributed by atoms with Crippen molar-refractivity contribution in [1.29, 1.82) is 0 Å². The van der Waals surface area contributed by atoms with Crippen LogP contribution in [0.1, 0.15) is 98.1 Å². The summed E-state index contributed by atoms with van der Waals surface area (Å²) in [5, 5.41) is 11.1. The fourth-order valence-electron chi connectivity index (χ4n) is 10.7. The summed E-state index contributed by atoms with van der Waals surface area (Å²) in [6, 6.07) is 9.50. The Morgan fingerprint density at radius 1 is 0.825 bits per heavy atom. The van der Waals surface area contributed by atoms with E-state index in [4.69, 9.17) is 9.72 Å². The van der Waals surface area contributed by atoms with Crippen molar-refractivity contribution in [3.8, 4) is 17.3 Å². The summed E-state index contributed by atoms with van der Waals surface area (Å²) in [4.78, 5) is 62.5. The Hall–Kier alpha value is -5.35. The first-order chi connectivity index (χ1) is 30.3. The van der Waals surface area contributed by atoms with Gasteiger partial charge in [0.25, 0.3) is 0 Å². The molecule has 1 atom stereocenters. The van der Waals surface area contributed by atoms with Gasteiger partial charge in [0.1, 0.15) is 29.5 Å². The molecule has 5 fully saturated rings. The van der Waals surface area contributed by atoms with Crippen LogP contribution >= 0.6 is 0 Å². The van der Waals surface area contributed by atoms with Crippen LogP contribution in [0, 0.1) is 11.8 Å². The summed E-state index contributed by atoms with van der Waals surface area (Å²) in [6.45, 7) is 20.4. The number of rotatable bonds is 11. The summed E-state index contributed by atoms with van der Waals surface area (Å²) in [6.07, 6.45) is 10.6. The molecule has 63 heavy (non-hydrogen) atoms. The Morgan fingerprint density at radius 2 is 1.57 bits per heavy atom. The molecule has 1 unspecified atom stereocenters. The molecule has 2 N–H and O–H groups in total. The molecule has 0 radical (unpaired) electrons. The van der Waals surface area contributed by atoms with Gasteiger partial charge in [0.15, 0.2) is 0 Å². The number of ether oxygens (including phenoxy) is 1. The number of anilines is 2. The van der Waals surface area contributed by atoms with Crippen LogP contribution in [0.2, 0.25) is 0 Å². The first-order valence-corrected chi connectivity index (χ1v) is 23.2. The smallest absolute Gasteiger partial charge is 0.330 e. The summed E-state index contributed by atoms with van der Waals surface area (Å²) in [7, 11) is 0. The number of piperazine rings is 1. The molecule has 1 saturated carbocycles. The molecule has 5 aliphatic rings. The van der Waals surface area contributed by atoms with Crippen molar-refractivity contribution in [1.82, 2.24) is 49.4 Å².